The number of nitrogens with one attached hydrogen (secondary N) is 1. The molecule has 4 nitrogen and oxygen atoms in total. The van der Waals surface area contributed by atoms with Crippen molar-refractivity contribution in [2.45, 2.75) is 64.6 Å². The van der Waals surface area contributed by atoms with Crippen LogP contribution in [0, 0.1) is 0 Å². The summed E-state index contributed by atoms with van der Waals surface area (Å²) in [6, 6.07) is 0.606. The van der Waals surface area contributed by atoms with Crippen LogP contribution in [0.15, 0.2) is 10.7 Å². The summed E-state index contributed by atoms with van der Waals surface area (Å²) >= 11 is 3.70. The summed E-state index contributed by atoms with van der Waals surface area (Å²) in [5.41, 5.74) is 1.31. The van der Waals surface area contributed by atoms with Crippen molar-refractivity contribution in [1.82, 2.24) is 20.0 Å². The maximum Gasteiger partial charge on any atom is 0.0717 e. The summed E-state index contributed by atoms with van der Waals surface area (Å²) < 4.78 is 3.23. The van der Waals surface area contributed by atoms with E-state index >= 15 is 0 Å². The lowest BCUT2D eigenvalue weighted by Gasteiger charge is -2.46. The summed E-state index contributed by atoms with van der Waals surface area (Å²) in [5, 5.41) is 8.10. The van der Waals surface area contributed by atoms with Gasteiger partial charge in [-0.1, -0.05) is 6.42 Å². The van der Waals surface area contributed by atoms with Gasteiger partial charge < -0.3 is 5.32 Å². The Morgan fingerprint density at radius 2 is 1.86 bits per heavy atom. The molecule has 0 radical (unpaired) electrons. The number of aromatic nitrogens is 2. The highest BCUT2D eigenvalue weighted by Crippen LogP contribution is 2.37. The van der Waals surface area contributed by atoms with Gasteiger partial charge in [0.1, 0.15) is 0 Å². The number of likely N-dealkylation sites (tertiary alicyclic amines) is 1. The number of likely N-dealkylation sites (N-methyl/N-ethyl adjacent to an activating group) is 1. The molecule has 1 atom stereocenters. The number of hydrogen-bond acceptors (Lipinski definition) is 3. The molecule has 2 heterocycles. The zero-order valence-corrected chi connectivity index (χ0v) is 15.6. The third kappa shape index (κ3) is 3.35. The van der Waals surface area contributed by atoms with Gasteiger partial charge in [0.15, 0.2) is 0 Å². The van der Waals surface area contributed by atoms with Crippen molar-refractivity contribution < 1.29 is 0 Å². The maximum atomic E-state index is 4.55. The maximum absolute atomic E-state index is 4.55. The van der Waals surface area contributed by atoms with Crippen molar-refractivity contribution in [1.29, 1.82) is 0 Å². The van der Waals surface area contributed by atoms with Gasteiger partial charge in [0.2, 0.25) is 0 Å². The number of piperidine rings is 1. The lowest BCUT2D eigenvalue weighted by molar-refractivity contribution is 0.0598. The van der Waals surface area contributed by atoms with Crippen LogP contribution < -0.4 is 5.32 Å². The second-order valence-corrected chi connectivity index (χ2v) is 7.69. The molecule has 5 heteroatoms. The van der Waals surface area contributed by atoms with Crippen molar-refractivity contribution in [3.63, 3.8) is 0 Å². The van der Waals surface area contributed by atoms with E-state index in [1.165, 1.54) is 38.0 Å². The molecular weight excluding hydrogens is 328 g/mol. The molecule has 0 aromatic carbocycles. The molecule has 0 spiro atoms. The van der Waals surface area contributed by atoms with E-state index in [2.05, 4.69) is 70.7 Å². The van der Waals surface area contributed by atoms with Crippen LogP contribution in [0.4, 0.5) is 0 Å². The molecule has 1 fully saturated rings. The van der Waals surface area contributed by atoms with Crippen molar-refractivity contribution in [2.75, 3.05) is 20.1 Å². The van der Waals surface area contributed by atoms with E-state index in [-0.39, 0.29) is 11.6 Å². The summed E-state index contributed by atoms with van der Waals surface area (Å²) in [4.78, 5) is 2.63. The van der Waals surface area contributed by atoms with Crippen LogP contribution in [0.5, 0.6) is 0 Å². The van der Waals surface area contributed by atoms with Crippen molar-refractivity contribution in [2.24, 2.45) is 0 Å². The summed E-state index contributed by atoms with van der Waals surface area (Å²) in [6.07, 6.45) is 5.91. The molecule has 0 amide bonds. The first-order valence-electron chi connectivity index (χ1n) is 8.04. The van der Waals surface area contributed by atoms with Gasteiger partial charge >= 0.3 is 0 Å². The van der Waals surface area contributed by atoms with E-state index in [1.807, 2.05) is 6.20 Å². The smallest absolute Gasteiger partial charge is 0.0717 e. The molecule has 1 aliphatic heterocycles. The molecule has 0 bridgehead atoms. The minimum atomic E-state index is 0.0599. The molecule has 0 saturated carbocycles. The predicted octanol–water partition coefficient (Wildman–Crippen LogP) is 3.75. The average molecular weight is 357 g/mol. The van der Waals surface area contributed by atoms with E-state index in [9.17, 15) is 0 Å². The van der Waals surface area contributed by atoms with Gasteiger partial charge in [0.25, 0.3) is 0 Å². The molecule has 1 unspecified atom stereocenters. The van der Waals surface area contributed by atoms with Gasteiger partial charge in [0.05, 0.1) is 22.4 Å². The Morgan fingerprint density at radius 1 is 1.24 bits per heavy atom. The lowest BCUT2D eigenvalue weighted by atomic mass is 9.88. The number of halogens is 1. The van der Waals surface area contributed by atoms with Crippen LogP contribution in [0.3, 0.4) is 0 Å². The highest BCUT2D eigenvalue weighted by molar-refractivity contribution is 9.10. The SMILES string of the molecule is CNC(c1c(Br)cnn1C(C)C)C(C)(C)N1CCCCC1. The predicted molar refractivity (Wildman–Crippen MR) is 91.6 cm³/mol. The minimum Gasteiger partial charge on any atom is -0.310 e. The Labute approximate surface area is 137 Å². The van der Waals surface area contributed by atoms with Crippen LogP contribution in [-0.4, -0.2) is 40.4 Å². The van der Waals surface area contributed by atoms with Crippen LogP contribution in [0.1, 0.15) is 64.7 Å². The number of hydrogen-bond donors (Lipinski definition) is 1. The fourth-order valence-corrected chi connectivity index (χ4v) is 4.01. The second kappa shape index (κ2) is 6.80. The van der Waals surface area contributed by atoms with Crippen LogP contribution in [-0.2, 0) is 0 Å². The van der Waals surface area contributed by atoms with Gasteiger partial charge in [-0.2, -0.15) is 5.10 Å². The highest BCUT2D eigenvalue weighted by atomic mass is 79.9. The molecule has 0 aliphatic carbocycles. The third-order valence-electron chi connectivity index (χ3n) is 4.72. The summed E-state index contributed by atoms with van der Waals surface area (Å²) in [6.45, 7) is 11.5. The first-order valence-corrected chi connectivity index (χ1v) is 8.84. The fraction of sp³-hybridized carbons (Fsp3) is 0.812. The van der Waals surface area contributed by atoms with E-state index in [4.69, 9.17) is 0 Å². The van der Waals surface area contributed by atoms with Gasteiger partial charge in [-0.05, 0) is 76.6 Å². The molecule has 2 rings (SSSR count). The zero-order chi connectivity index (χ0) is 15.6. The van der Waals surface area contributed by atoms with Crippen LogP contribution in [0.25, 0.3) is 0 Å². The van der Waals surface area contributed by atoms with E-state index in [1.54, 1.807) is 0 Å². The zero-order valence-electron chi connectivity index (χ0n) is 14.0. The van der Waals surface area contributed by atoms with Gasteiger partial charge in [-0.25, -0.2) is 0 Å². The molecule has 1 aliphatic rings. The molecule has 1 aromatic heterocycles. The Hall–Kier alpha value is -0.390. The second-order valence-electron chi connectivity index (χ2n) is 6.84. The average Bonchev–Trinajstić information content (AvgIpc) is 2.83. The standard InChI is InChI=1S/C16H29BrN4/c1-12(2)21-14(13(17)11-19-21)15(18-5)16(3,4)20-9-7-6-8-10-20/h11-12,15,18H,6-10H2,1-5H3. The quantitative estimate of drug-likeness (QED) is 0.871. The van der Waals surface area contributed by atoms with Gasteiger partial charge in [-0.15, -0.1) is 0 Å². The first-order chi connectivity index (χ1) is 9.89. The monoisotopic (exact) mass is 356 g/mol. The van der Waals surface area contributed by atoms with Gasteiger partial charge in [0, 0.05) is 11.6 Å². The number of nitrogens with zero attached hydrogens (tertiary/aromatic N) is 3. The third-order valence-corrected chi connectivity index (χ3v) is 5.33. The molecule has 1 saturated heterocycles. The summed E-state index contributed by atoms with van der Waals surface area (Å²) in [5.74, 6) is 0. The van der Waals surface area contributed by atoms with Crippen LogP contribution >= 0.6 is 15.9 Å². The molecule has 1 N–H and O–H groups in total. The Bertz CT molecular complexity index is 461. The summed E-state index contributed by atoms with van der Waals surface area (Å²) in [7, 11) is 2.06. The minimum absolute atomic E-state index is 0.0599. The van der Waals surface area contributed by atoms with Crippen molar-refractivity contribution in [3.8, 4) is 0 Å². The number of rotatable bonds is 5. The normalized spacial score (nSPS) is 19.2. The van der Waals surface area contributed by atoms with E-state index in [0.29, 0.717) is 6.04 Å². The fourth-order valence-electron chi connectivity index (χ4n) is 3.51. The van der Waals surface area contributed by atoms with Crippen molar-refractivity contribution >= 4 is 15.9 Å². The largest absolute Gasteiger partial charge is 0.310 e. The molecule has 120 valence electrons. The van der Waals surface area contributed by atoms with Gasteiger partial charge in [-0.3, -0.25) is 9.58 Å². The highest BCUT2D eigenvalue weighted by Gasteiger charge is 2.39. The van der Waals surface area contributed by atoms with E-state index in [0.717, 1.165) is 4.47 Å². The lowest BCUT2D eigenvalue weighted by Crippen LogP contribution is -2.54. The molecular formula is C16H29BrN4. The Morgan fingerprint density at radius 3 is 2.38 bits per heavy atom. The van der Waals surface area contributed by atoms with E-state index < -0.39 is 0 Å². The molecule has 1 aromatic rings. The van der Waals surface area contributed by atoms with Crippen LogP contribution in [0.2, 0.25) is 0 Å². The Balaban J connectivity index is 2.36. The topological polar surface area (TPSA) is 33.1 Å². The van der Waals surface area contributed by atoms with Crippen molar-refractivity contribution in [3.05, 3.63) is 16.4 Å². The Kier molecular flexibility index (Phi) is 5.49. The first kappa shape index (κ1) is 17.0. The molecule has 21 heavy (non-hydrogen) atoms.